The molecule has 0 aliphatic heterocycles. The van der Waals surface area contributed by atoms with Crippen LogP contribution in [0.3, 0.4) is 0 Å². The lowest BCUT2D eigenvalue weighted by molar-refractivity contribution is -0.390. The van der Waals surface area contributed by atoms with Gasteiger partial charge in [-0.2, -0.15) is 0 Å². The van der Waals surface area contributed by atoms with Crippen molar-refractivity contribution < 1.29 is 4.92 Å². The molecule has 3 unspecified atom stereocenters. The smallest absolute Gasteiger partial charge is 0.325 e. The maximum absolute atomic E-state index is 10.9. The van der Waals surface area contributed by atoms with E-state index in [1.807, 2.05) is 0 Å². The fourth-order valence-corrected chi connectivity index (χ4v) is 3.96. The van der Waals surface area contributed by atoms with E-state index >= 15 is 0 Å². The first-order chi connectivity index (χ1) is 7.15. The second kappa shape index (κ2) is 2.04. The SMILES string of the molecule is O=[N+]([O-])c1[nH]c(Br)c2c1C1C=CC13CC23. The Hall–Kier alpha value is -1.10. The van der Waals surface area contributed by atoms with Crippen LogP contribution in [0.25, 0.3) is 0 Å². The molecule has 1 aromatic heterocycles. The highest BCUT2D eigenvalue weighted by Crippen LogP contribution is 2.79. The van der Waals surface area contributed by atoms with Gasteiger partial charge in [-0.1, -0.05) is 12.2 Å². The number of H-pyrrole nitrogens is 1. The monoisotopic (exact) mass is 266 g/mol. The number of hydrogen-bond donors (Lipinski definition) is 1. The van der Waals surface area contributed by atoms with Crippen molar-refractivity contribution >= 4 is 21.7 Å². The van der Waals surface area contributed by atoms with Gasteiger partial charge in [0.05, 0.1) is 5.56 Å². The lowest BCUT2D eigenvalue weighted by atomic mass is 9.78. The van der Waals surface area contributed by atoms with Crippen LogP contribution in [0.1, 0.15) is 29.4 Å². The highest BCUT2D eigenvalue weighted by molar-refractivity contribution is 9.10. The summed E-state index contributed by atoms with van der Waals surface area (Å²) in [6.07, 6.45) is 5.48. The van der Waals surface area contributed by atoms with Crippen molar-refractivity contribution in [2.24, 2.45) is 5.41 Å². The Morgan fingerprint density at radius 2 is 2.40 bits per heavy atom. The summed E-state index contributed by atoms with van der Waals surface area (Å²) < 4.78 is 0.808. The largest absolute Gasteiger partial charge is 0.358 e. The van der Waals surface area contributed by atoms with Crippen LogP contribution in [0.2, 0.25) is 0 Å². The highest BCUT2D eigenvalue weighted by atomic mass is 79.9. The Morgan fingerprint density at radius 3 is 3.00 bits per heavy atom. The van der Waals surface area contributed by atoms with E-state index in [2.05, 4.69) is 33.1 Å². The summed E-state index contributed by atoms with van der Waals surface area (Å²) in [5.41, 5.74) is 2.34. The van der Waals surface area contributed by atoms with Gasteiger partial charge in [0.2, 0.25) is 0 Å². The third-order valence-electron chi connectivity index (χ3n) is 4.08. The fourth-order valence-electron chi connectivity index (χ4n) is 3.28. The Labute approximate surface area is 93.6 Å². The number of fused-ring (bicyclic) bond motifs is 3. The fraction of sp³-hybridized carbons (Fsp3) is 0.400. The summed E-state index contributed by atoms with van der Waals surface area (Å²) in [5, 5.41) is 10.9. The van der Waals surface area contributed by atoms with E-state index in [1.165, 1.54) is 0 Å². The molecule has 76 valence electrons. The molecule has 3 aliphatic rings. The highest BCUT2D eigenvalue weighted by Gasteiger charge is 2.69. The van der Waals surface area contributed by atoms with E-state index in [0.29, 0.717) is 11.8 Å². The van der Waals surface area contributed by atoms with Crippen LogP contribution in [-0.4, -0.2) is 9.91 Å². The molecule has 5 heteroatoms. The van der Waals surface area contributed by atoms with Crippen molar-refractivity contribution in [1.82, 2.24) is 4.98 Å². The van der Waals surface area contributed by atoms with Gasteiger partial charge >= 0.3 is 5.82 Å². The van der Waals surface area contributed by atoms with Crippen molar-refractivity contribution in [2.45, 2.75) is 18.3 Å². The molecule has 15 heavy (non-hydrogen) atoms. The van der Waals surface area contributed by atoms with E-state index in [9.17, 15) is 10.1 Å². The van der Waals surface area contributed by atoms with Crippen molar-refractivity contribution in [3.8, 4) is 0 Å². The average Bonchev–Trinajstić information content (AvgIpc) is 2.76. The summed E-state index contributed by atoms with van der Waals surface area (Å²) >= 11 is 3.40. The van der Waals surface area contributed by atoms with Gasteiger partial charge in [-0.3, -0.25) is 0 Å². The predicted octanol–water partition coefficient (Wildman–Crippen LogP) is 2.83. The molecule has 0 bridgehead atoms. The zero-order chi connectivity index (χ0) is 10.4. The van der Waals surface area contributed by atoms with E-state index in [1.54, 1.807) is 0 Å². The van der Waals surface area contributed by atoms with Crippen LogP contribution in [0.5, 0.6) is 0 Å². The first-order valence-electron chi connectivity index (χ1n) is 4.90. The number of nitrogens with one attached hydrogen (secondary N) is 1. The second-order valence-electron chi connectivity index (χ2n) is 4.58. The Balaban J connectivity index is 2.02. The molecule has 0 amide bonds. The van der Waals surface area contributed by atoms with Crippen LogP contribution in [0, 0.1) is 15.5 Å². The van der Waals surface area contributed by atoms with Crippen molar-refractivity contribution in [3.05, 3.63) is 38.0 Å². The Kier molecular flexibility index (Phi) is 1.10. The number of allylic oxidation sites excluding steroid dienone is 2. The quantitative estimate of drug-likeness (QED) is 0.483. The maximum Gasteiger partial charge on any atom is 0.325 e. The maximum atomic E-state index is 10.9. The molecule has 3 aliphatic carbocycles. The molecule has 1 heterocycles. The summed E-state index contributed by atoms with van der Waals surface area (Å²) in [5.74, 6) is 0.986. The van der Waals surface area contributed by atoms with Gasteiger partial charge in [0, 0.05) is 22.8 Å². The molecule has 1 spiro atoms. The van der Waals surface area contributed by atoms with Gasteiger partial charge < -0.3 is 10.1 Å². The van der Waals surface area contributed by atoms with Crippen molar-refractivity contribution in [2.75, 3.05) is 0 Å². The molecule has 0 saturated heterocycles. The third kappa shape index (κ3) is 0.668. The molecule has 1 saturated carbocycles. The zero-order valence-electron chi connectivity index (χ0n) is 7.66. The van der Waals surface area contributed by atoms with E-state index in [0.717, 1.165) is 22.2 Å². The van der Waals surface area contributed by atoms with Crippen LogP contribution >= 0.6 is 15.9 Å². The molecule has 1 aromatic rings. The lowest BCUT2D eigenvalue weighted by Gasteiger charge is -2.25. The van der Waals surface area contributed by atoms with Crippen LogP contribution < -0.4 is 0 Å². The normalized spacial score (nSPS) is 37.9. The number of aromatic nitrogens is 1. The first kappa shape index (κ1) is 8.10. The minimum absolute atomic E-state index is 0.179. The number of aromatic amines is 1. The molecule has 4 rings (SSSR count). The summed E-state index contributed by atoms with van der Waals surface area (Å²) in [6, 6.07) is 0. The van der Waals surface area contributed by atoms with Gasteiger partial charge in [-0.15, -0.1) is 0 Å². The average molecular weight is 267 g/mol. The minimum atomic E-state index is -0.311. The molecular formula is C10H7BrN2O2. The van der Waals surface area contributed by atoms with E-state index in [4.69, 9.17) is 0 Å². The van der Waals surface area contributed by atoms with E-state index < -0.39 is 0 Å². The first-order valence-corrected chi connectivity index (χ1v) is 5.69. The van der Waals surface area contributed by atoms with Crippen LogP contribution in [0.15, 0.2) is 16.8 Å². The topological polar surface area (TPSA) is 58.9 Å². The zero-order valence-corrected chi connectivity index (χ0v) is 9.24. The molecule has 0 radical (unpaired) electrons. The molecule has 0 aromatic carbocycles. The molecule has 4 nitrogen and oxygen atoms in total. The molecule has 3 atom stereocenters. The standard InChI is InChI=1S/C10H7BrN2O2/c11-8-6-5-3-10(5)2-1-4(10)7(6)9(12-8)13(14)15/h1-2,4-5,12H,3H2. The molecule has 1 fully saturated rings. The van der Waals surface area contributed by atoms with Gasteiger partial charge in [0.1, 0.15) is 0 Å². The van der Waals surface area contributed by atoms with Gasteiger partial charge in [0.25, 0.3) is 0 Å². The number of nitrogens with zero attached hydrogens (tertiary/aromatic N) is 1. The van der Waals surface area contributed by atoms with Gasteiger partial charge in [-0.05, 0) is 27.3 Å². The summed E-state index contributed by atoms with van der Waals surface area (Å²) in [6.45, 7) is 0. The third-order valence-corrected chi connectivity index (χ3v) is 4.70. The predicted molar refractivity (Wildman–Crippen MR) is 56.8 cm³/mol. The summed E-state index contributed by atoms with van der Waals surface area (Å²) in [7, 11) is 0. The van der Waals surface area contributed by atoms with Crippen LogP contribution in [-0.2, 0) is 0 Å². The summed E-state index contributed by atoms with van der Waals surface area (Å²) in [4.78, 5) is 13.4. The molecular weight excluding hydrogens is 260 g/mol. The van der Waals surface area contributed by atoms with E-state index in [-0.39, 0.29) is 16.2 Å². The van der Waals surface area contributed by atoms with Gasteiger partial charge in [0.15, 0.2) is 4.60 Å². The Morgan fingerprint density at radius 1 is 1.60 bits per heavy atom. The van der Waals surface area contributed by atoms with Crippen molar-refractivity contribution in [3.63, 3.8) is 0 Å². The minimum Gasteiger partial charge on any atom is -0.358 e. The van der Waals surface area contributed by atoms with Crippen molar-refractivity contribution in [1.29, 1.82) is 0 Å². The number of halogens is 1. The van der Waals surface area contributed by atoms with Crippen LogP contribution in [0.4, 0.5) is 5.82 Å². The number of hydrogen-bond acceptors (Lipinski definition) is 2. The number of rotatable bonds is 1. The van der Waals surface area contributed by atoms with Gasteiger partial charge in [-0.25, -0.2) is 4.98 Å². The molecule has 1 N–H and O–H groups in total. The second-order valence-corrected chi connectivity index (χ2v) is 5.37. The Bertz CT molecular complexity index is 548. The lowest BCUT2D eigenvalue weighted by Crippen LogP contribution is -2.15. The number of nitro groups is 1.